The number of carbonyl (C=O) groups is 1. The fourth-order valence-corrected chi connectivity index (χ4v) is 3.27. The third-order valence-electron chi connectivity index (χ3n) is 3.30. The maximum Gasteiger partial charge on any atom is 0.331 e. The minimum atomic E-state index is -0.474. The van der Waals surface area contributed by atoms with Crippen LogP contribution in [0.2, 0.25) is 0 Å². The van der Waals surface area contributed by atoms with E-state index < -0.39 is 5.97 Å². The first kappa shape index (κ1) is 14.4. The van der Waals surface area contributed by atoms with E-state index in [1.165, 1.54) is 6.92 Å². The molecule has 22 heavy (non-hydrogen) atoms. The lowest BCUT2D eigenvalue weighted by Crippen LogP contribution is -2.04. The van der Waals surface area contributed by atoms with Crippen molar-refractivity contribution in [3.05, 3.63) is 58.3 Å². The van der Waals surface area contributed by atoms with Crippen LogP contribution in [-0.4, -0.2) is 11.7 Å². The summed E-state index contributed by atoms with van der Waals surface area (Å²) in [4.78, 5) is 28.1. The molecular weight excluding hydrogens is 298 g/mol. The summed E-state index contributed by atoms with van der Waals surface area (Å²) in [6.07, 6.45) is 0. The van der Waals surface area contributed by atoms with E-state index in [0.29, 0.717) is 16.5 Å². The van der Waals surface area contributed by atoms with Gasteiger partial charge >= 0.3 is 5.97 Å². The molecule has 0 N–H and O–H groups in total. The molecule has 0 radical (unpaired) electrons. The van der Waals surface area contributed by atoms with E-state index in [1.807, 2.05) is 36.4 Å². The van der Waals surface area contributed by atoms with Gasteiger partial charge in [-0.2, -0.15) is 0 Å². The van der Waals surface area contributed by atoms with Gasteiger partial charge in [-0.15, -0.1) is 11.3 Å². The van der Waals surface area contributed by atoms with Crippen molar-refractivity contribution < 1.29 is 9.63 Å². The number of carbonyl (C=O) groups excluding carboxylic acids is 1. The second-order valence-electron chi connectivity index (χ2n) is 4.90. The van der Waals surface area contributed by atoms with Gasteiger partial charge in [-0.3, -0.25) is 4.79 Å². The standard InChI is InChI=1S/C17H13NO3S/c1-10(18-21-11(2)19)12-7-8-16-14(9-12)17(20)13-5-3-4-6-15(13)22-16/h3-9H,1-2H3. The zero-order valence-electron chi connectivity index (χ0n) is 12.1. The Morgan fingerprint density at radius 2 is 1.77 bits per heavy atom. The Morgan fingerprint density at radius 1 is 1.05 bits per heavy atom. The number of benzene rings is 2. The van der Waals surface area contributed by atoms with Gasteiger partial charge in [-0.1, -0.05) is 23.4 Å². The van der Waals surface area contributed by atoms with Crippen LogP contribution in [0.25, 0.3) is 20.2 Å². The summed E-state index contributed by atoms with van der Waals surface area (Å²) in [5, 5.41) is 5.13. The van der Waals surface area contributed by atoms with Gasteiger partial charge in [0.1, 0.15) is 0 Å². The zero-order valence-corrected chi connectivity index (χ0v) is 12.9. The average Bonchev–Trinajstić information content (AvgIpc) is 2.52. The molecule has 1 aromatic heterocycles. The Bertz CT molecular complexity index is 972. The SMILES string of the molecule is CC(=O)ON=C(C)c1ccc2sc3ccccc3c(=O)c2c1. The molecule has 0 spiro atoms. The lowest BCUT2D eigenvalue weighted by molar-refractivity contribution is -0.140. The van der Waals surface area contributed by atoms with Crippen LogP contribution in [0.4, 0.5) is 0 Å². The van der Waals surface area contributed by atoms with E-state index in [-0.39, 0.29) is 5.43 Å². The predicted octanol–water partition coefficient (Wildman–Crippen LogP) is 3.70. The molecule has 0 aliphatic heterocycles. The smallest absolute Gasteiger partial charge is 0.318 e. The molecule has 1 heterocycles. The summed E-state index contributed by atoms with van der Waals surface area (Å²) in [6, 6.07) is 13.1. The second kappa shape index (κ2) is 5.69. The highest BCUT2D eigenvalue weighted by Gasteiger charge is 2.08. The number of fused-ring (bicyclic) bond motifs is 2. The number of rotatable bonds is 2. The largest absolute Gasteiger partial charge is 0.331 e. The molecule has 0 fully saturated rings. The summed E-state index contributed by atoms with van der Waals surface area (Å²) in [5.41, 5.74) is 1.31. The molecule has 0 amide bonds. The van der Waals surface area contributed by atoms with E-state index in [4.69, 9.17) is 0 Å². The van der Waals surface area contributed by atoms with Crippen LogP contribution in [0.3, 0.4) is 0 Å². The maximum atomic E-state index is 12.6. The summed E-state index contributed by atoms with van der Waals surface area (Å²) >= 11 is 1.58. The highest BCUT2D eigenvalue weighted by Crippen LogP contribution is 2.25. The lowest BCUT2D eigenvalue weighted by Gasteiger charge is -2.04. The van der Waals surface area contributed by atoms with E-state index in [0.717, 1.165) is 15.0 Å². The van der Waals surface area contributed by atoms with Gasteiger partial charge in [0.15, 0.2) is 5.43 Å². The molecule has 3 aromatic rings. The Kier molecular flexibility index (Phi) is 3.73. The number of hydrogen-bond donors (Lipinski definition) is 0. The van der Waals surface area contributed by atoms with E-state index >= 15 is 0 Å². The van der Waals surface area contributed by atoms with Crippen molar-refractivity contribution in [3.8, 4) is 0 Å². The highest BCUT2D eigenvalue weighted by molar-refractivity contribution is 7.24. The monoisotopic (exact) mass is 311 g/mol. The molecule has 0 unspecified atom stereocenters. The van der Waals surface area contributed by atoms with Crippen LogP contribution in [-0.2, 0) is 9.63 Å². The van der Waals surface area contributed by atoms with Crippen molar-refractivity contribution in [3.63, 3.8) is 0 Å². The van der Waals surface area contributed by atoms with Crippen molar-refractivity contribution in [1.82, 2.24) is 0 Å². The fourth-order valence-electron chi connectivity index (χ4n) is 2.21. The van der Waals surface area contributed by atoms with Crippen molar-refractivity contribution in [2.45, 2.75) is 13.8 Å². The van der Waals surface area contributed by atoms with Gasteiger partial charge in [0, 0.05) is 27.1 Å². The van der Waals surface area contributed by atoms with Gasteiger partial charge in [0.05, 0.1) is 5.71 Å². The molecule has 2 aromatic carbocycles. The van der Waals surface area contributed by atoms with Gasteiger partial charge < -0.3 is 4.84 Å². The molecule has 0 saturated carbocycles. The van der Waals surface area contributed by atoms with Crippen LogP contribution >= 0.6 is 11.3 Å². The summed E-state index contributed by atoms with van der Waals surface area (Å²) in [6.45, 7) is 3.03. The van der Waals surface area contributed by atoms with Crippen molar-refractivity contribution in [2.75, 3.05) is 0 Å². The lowest BCUT2D eigenvalue weighted by atomic mass is 10.1. The molecule has 0 atom stereocenters. The van der Waals surface area contributed by atoms with Crippen LogP contribution in [0.5, 0.6) is 0 Å². The molecule has 0 saturated heterocycles. The Balaban J connectivity index is 2.19. The van der Waals surface area contributed by atoms with Crippen LogP contribution in [0, 0.1) is 0 Å². The Labute approximate surface area is 130 Å². The zero-order chi connectivity index (χ0) is 15.7. The van der Waals surface area contributed by atoms with Crippen molar-refractivity contribution >= 4 is 43.2 Å². The molecule has 0 bridgehead atoms. The Hall–Kier alpha value is -2.53. The number of hydrogen-bond acceptors (Lipinski definition) is 5. The second-order valence-corrected chi connectivity index (χ2v) is 5.98. The molecular formula is C17H13NO3S. The van der Waals surface area contributed by atoms with Crippen LogP contribution in [0.1, 0.15) is 19.4 Å². The summed E-state index contributed by atoms with van der Waals surface area (Å²) < 4.78 is 1.89. The molecule has 5 heteroatoms. The first-order valence-electron chi connectivity index (χ1n) is 6.74. The van der Waals surface area contributed by atoms with Crippen LogP contribution in [0.15, 0.2) is 52.4 Å². The third kappa shape index (κ3) is 2.63. The minimum absolute atomic E-state index is 0.00601. The topological polar surface area (TPSA) is 55.7 Å². The maximum absolute atomic E-state index is 12.6. The van der Waals surface area contributed by atoms with E-state index in [2.05, 4.69) is 9.99 Å². The molecule has 4 nitrogen and oxygen atoms in total. The molecule has 0 aliphatic carbocycles. The summed E-state index contributed by atoms with van der Waals surface area (Å²) in [7, 11) is 0. The van der Waals surface area contributed by atoms with Crippen molar-refractivity contribution in [1.29, 1.82) is 0 Å². The highest BCUT2D eigenvalue weighted by atomic mass is 32.1. The first-order chi connectivity index (χ1) is 10.6. The third-order valence-corrected chi connectivity index (χ3v) is 4.46. The quantitative estimate of drug-likeness (QED) is 0.314. The molecule has 110 valence electrons. The first-order valence-corrected chi connectivity index (χ1v) is 7.56. The van der Waals surface area contributed by atoms with Gasteiger partial charge in [0.25, 0.3) is 0 Å². The fraction of sp³-hybridized carbons (Fsp3) is 0.118. The van der Waals surface area contributed by atoms with Gasteiger partial charge in [0.2, 0.25) is 0 Å². The predicted molar refractivity (Wildman–Crippen MR) is 89.6 cm³/mol. The van der Waals surface area contributed by atoms with E-state index in [1.54, 1.807) is 24.3 Å². The Morgan fingerprint density at radius 3 is 2.55 bits per heavy atom. The van der Waals surface area contributed by atoms with E-state index in [9.17, 15) is 9.59 Å². The number of oxime groups is 1. The summed E-state index contributed by atoms with van der Waals surface area (Å²) in [5.74, 6) is -0.474. The molecule has 0 aliphatic rings. The number of nitrogens with zero attached hydrogens (tertiary/aromatic N) is 1. The van der Waals surface area contributed by atoms with Crippen LogP contribution < -0.4 is 5.43 Å². The normalized spacial score (nSPS) is 11.8. The van der Waals surface area contributed by atoms with Gasteiger partial charge in [-0.05, 0) is 36.8 Å². The molecule has 3 rings (SSSR count). The van der Waals surface area contributed by atoms with Crippen molar-refractivity contribution in [2.24, 2.45) is 5.16 Å². The minimum Gasteiger partial charge on any atom is -0.318 e. The van der Waals surface area contributed by atoms with Gasteiger partial charge in [-0.25, -0.2) is 4.79 Å². The average molecular weight is 311 g/mol.